The third kappa shape index (κ3) is 3.06. The van der Waals surface area contributed by atoms with Crippen LogP contribution in [0.4, 0.5) is 11.4 Å². The molecule has 2 aromatic rings. The highest BCUT2D eigenvalue weighted by Crippen LogP contribution is 2.22. The van der Waals surface area contributed by atoms with Crippen LogP contribution in [0.3, 0.4) is 0 Å². The quantitative estimate of drug-likeness (QED) is 0.947. The van der Waals surface area contributed by atoms with Gasteiger partial charge in [-0.3, -0.25) is 9.59 Å². The minimum Gasteiger partial charge on any atom is -0.321 e. The van der Waals surface area contributed by atoms with Crippen LogP contribution in [0, 0.1) is 11.3 Å². The second-order valence-electron chi connectivity index (χ2n) is 5.31. The first-order valence-corrected chi connectivity index (χ1v) is 7.40. The predicted molar refractivity (Wildman–Crippen MR) is 87.1 cm³/mol. The lowest BCUT2D eigenvalue weighted by Crippen LogP contribution is -2.23. The monoisotopic (exact) mass is 305 g/mol. The van der Waals surface area contributed by atoms with Crippen LogP contribution in [0.15, 0.2) is 48.5 Å². The van der Waals surface area contributed by atoms with E-state index in [2.05, 4.69) is 5.32 Å². The van der Waals surface area contributed by atoms with E-state index in [9.17, 15) is 9.59 Å². The number of hydrogen-bond donors (Lipinski definition) is 1. The molecule has 0 spiro atoms. The van der Waals surface area contributed by atoms with E-state index in [0.717, 1.165) is 18.7 Å². The van der Waals surface area contributed by atoms with Crippen molar-refractivity contribution in [1.82, 2.24) is 0 Å². The summed E-state index contributed by atoms with van der Waals surface area (Å²) in [5.74, 6) is -0.169. The number of para-hydroxylation sites is 1. The highest BCUT2D eigenvalue weighted by molar-refractivity contribution is 6.05. The van der Waals surface area contributed by atoms with Gasteiger partial charge in [-0.05, 0) is 42.8 Å². The SMILES string of the molecule is N#Cc1ccccc1NC(=O)c1ccc(N2CCCC2=O)cc1. The largest absolute Gasteiger partial charge is 0.321 e. The minimum absolute atomic E-state index is 0.116. The highest BCUT2D eigenvalue weighted by atomic mass is 16.2. The molecule has 23 heavy (non-hydrogen) atoms. The zero-order valence-electron chi connectivity index (χ0n) is 12.5. The summed E-state index contributed by atoms with van der Waals surface area (Å²) in [5, 5.41) is 11.8. The topological polar surface area (TPSA) is 73.2 Å². The van der Waals surface area contributed by atoms with Crippen molar-refractivity contribution >= 4 is 23.2 Å². The van der Waals surface area contributed by atoms with E-state index in [1.807, 2.05) is 6.07 Å². The molecule has 1 N–H and O–H groups in total. The van der Waals surface area contributed by atoms with Crippen molar-refractivity contribution in [2.45, 2.75) is 12.8 Å². The van der Waals surface area contributed by atoms with Gasteiger partial charge in [0.1, 0.15) is 6.07 Å². The molecule has 2 aromatic carbocycles. The molecule has 1 fully saturated rings. The lowest BCUT2D eigenvalue weighted by Gasteiger charge is -2.15. The molecule has 0 unspecified atom stereocenters. The van der Waals surface area contributed by atoms with Crippen LogP contribution in [0.5, 0.6) is 0 Å². The average Bonchev–Trinajstić information content (AvgIpc) is 3.01. The van der Waals surface area contributed by atoms with Crippen LogP contribution in [-0.2, 0) is 4.79 Å². The molecule has 0 radical (unpaired) electrons. The molecule has 0 atom stereocenters. The normalized spacial score (nSPS) is 13.7. The molecule has 114 valence electrons. The molecule has 0 bridgehead atoms. The van der Waals surface area contributed by atoms with E-state index in [4.69, 9.17) is 5.26 Å². The number of carbonyl (C=O) groups excluding carboxylic acids is 2. The lowest BCUT2D eigenvalue weighted by molar-refractivity contribution is -0.117. The van der Waals surface area contributed by atoms with E-state index in [1.165, 1.54) is 0 Å². The Labute approximate surface area is 134 Å². The number of anilines is 2. The summed E-state index contributed by atoms with van der Waals surface area (Å²) in [6, 6.07) is 15.8. The van der Waals surface area contributed by atoms with Crippen LogP contribution in [0.1, 0.15) is 28.8 Å². The fourth-order valence-electron chi connectivity index (χ4n) is 2.60. The lowest BCUT2D eigenvalue weighted by atomic mass is 10.1. The molecule has 5 heteroatoms. The van der Waals surface area contributed by atoms with Gasteiger partial charge in [-0.1, -0.05) is 12.1 Å². The van der Waals surface area contributed by atoms with Crippen molar-refractivity contribution in [3.8, 4) is 6.07 Å². The van der Waals surface area contributed by atoms with Crippen LogP contribution >= 0.6 is 0 Å². The van der Waals surface area contributed by atoms with Gasteiger partial charge >= 0.3 is 0 Å². The van der Waals surface area contributed by atoms with Gasteiger partial charge in [0.2, 0.25) is 5.91 Å². The van der Waals surface area contributed by atoms with Crippen molar-refractivity contribution in [2.24, 2.45) is 0 Å². The van der Waals surface area contributed by atoms with Gasteiger partial charge in [-0.25, -0.2) is 0 Å². The van der Waals surface area contributed by atoms with E-state index in [1.54, 1.807) is 53.4 Å². The summed E-state index contributed by atoms with van der Waals surface area (Å²) in [5.41, 5.74) is 2.19. The molecule has 1 heterocycles. The van der Waals surface area contributed by atoms with Gasteiger partial charge < -0.3 is 10.2 Å². The molecule has 1 aliphatic heterocycles. The van der Waals surface area contributed by atoms with Gasteiger partial charge in [0.05, 0.1) is 11.3 Å². The molecule has 1 aliphatic rings. The van der Waals surface area contributed by atoms with Gasteiger partial charge in [0.25, 0.3) is 5.91 Å². The Morgan fingerprint density at radius 2 is 1.87 bits per heavy atom. The van der Waals surface area contributed by atoms with Crippen LogP contribution in [0.2, 0.25) is 0 Å². The van der Waals surface area contributed by atoms with Crippen LogP contribution < -0.4 is 10.2 Å². The summed E-state index contributed by atoms with van der Waals surface area (Å²) >= 11 is 0. The molecule has 0 aromatic heterocycles. The Morgan fingerprint density at radius 3 is 2.52 bits per heavy atom. The van der Waals surface area contributed by atoms with Gasteiger partial charge in [-0.15, -0.1) is 0 Å². The summed E-state index contributed by atoms with van der Waals surface area (Å²) < 4.78 is 0. The Kier molecular flexibility index (Phi) is 4.07. The fraction of sp³-hybridized carbons (Fsp3) is 0.167. The molecule has 0 aliphatic carbocycles. The summed E-state index contributed by atoms with van der Waals surface area (Å²) in [6.07, 6.45) is 1.44. The number of nitriles is 1. The van der Waals surface area contributed by atoms with E-state index < -0.39 is 0 Å². The van der Waals surface area contributed by atoms with E-state index >= 15 is 0 Å². The average molecular weight is 305 g/mol. The van der Waals surface area contributed by atoms with Crippen molar-refractivity contribution < 1.29 is 9.59 Å². The van der Waals surface area contributed by atoms with Gasteiger partial charge in [-0.2, -0.15) is 5.26 Å². The Bertz CT molecular complexity index is 791. The molecule has 2 amide bonds. The number of amides is 2. The number of benzene rings is 2. The maximum Gasteiger partial charge on any atom is 0.255 e. The maximum atomic E-state index is 12.3. The smallest absolute Gasteiger partial charge is 0.255 e. The van der Waals surface area contributed by atoms with Gasteiger partial charge in [0, 0.05) is 24.2 Å². The van der Waals surface area contributed by atoms with Crippen LogP contribution in [0.25, 0.3) is 0 Å². The first-order chi connectivity index (χ1) is 11.2. The zero-order valence-corrected chi connectivity index (χ0v) is 12.5. The third-order valence-corrected chi connectivity index (χ3v) is 3.81. The number of carbonyl (C=O) groups is 2. The number of nitrogens with one attached hydrogen (secondary N) is 1. The standard InChI is InChI=1S/C18H15N3O2/c19-12-14-4-1-2-5-16(14)20-18(23)13-7-9-15(10-8-13)21-11-3-6-17(21)22/h1-2,4-5,7-10H,3,6,11H2,(H,20,23). The summed E-state index contributed by atoms with van der Waals surface area (Å²) in [7, 11) is 0. The number of hydrogen-bond acceptors (Lipinski definition) is 3. The van der Waals surface area contributed by atoms with E-state index in [-0.39, 0.29) is 11.8 Å². The van der Waals surface area contributed by atoms with E-state index in [0.29, 0.717) is 23.2 Å². The van der Waals surface area contributed by atoms with Crippen molar-refractivity contribution in [2.75, 3.05) is 16.8 Å². The van der Waals surface area contributed by atoms with Crippen LogP contribution in [-0.4, -0.2) is 18.4 Å². The second kappa shape index (κ2) is 6.32. The molecule has 1 saturated heterocycles. The Balaban J connectivity index is 1.75. The second-order valence-corrected chi connectivity index (χ2v) is 5.31. The summed E-state index contributed by atoms with van der Waals surface area (Å²) in [6.45, 7) is 0.722. The zero-order chi connectivity index (χ0) is 16.2. The molecule has 5 nitrogen and oxygen atoms in total. The molecule has 0 saturated carbocycles. The van der Waals surface area contributed by atoms with Crippen molar-refractivity contribution in [1.29, 1.82) is 5.26 Å². The first-order valence-electron chi connectivity index (χ1n) is 7.40. The number of rotatable bonds is 3. The first kappa shape index (κ1) is 14.8. The fourth-order valence-corrected chi connectivity index (χ4v) is 2.60. The highest BCUT2D eigenvalue weighted by Gasteiger charge is 2.21. The predicted octanol–water partition coefficient (Wildman–Crippen LogP) is 2.94. The molecule has 3 rings (SSSR count). The molecular weight excluding hydrogens is 290 g/mol. The summed E-state index contributed by atoms with van der Waals surface area (Å²) in [4.78, 5) is 25.7. The van der Waals surface area contributed by atoms with Gasteiger partial charge in [0.15, 0.2) is 0 Å². The number of nitrogens with zero attached hydrogens (tertiary/aromatic N) is 2. The minimum atomic E-state index is -0.285. The Hall–Kier alpha value is -3.13. The third-order valence-electron chi connectivity index (χ3n) is 3.81. The maximum absolute atomic E-state index is 12.3. The Morgan fingerprint density at radius 1 is 1.13 bits per heavy atom. The van der Waals surface area contributed by atoms with Crippen molar-refractivity contribution in [3.63, 3.8) is 0 Å². The van der Waals surface area contributed by atoms with Crippen molar-refractivity contribution in [3.05, 3.63) is 59.7 Å². The molecular formula is C18H15N3O2.